The summed E-state index contributed by atoms with van der Waals surface area (Å²) in [5.74, 6) is 0.180. The summed E-state index contributed by atoms with van der Waals surface area (Å²) in [5, 5.41) is 11.8. The average molecular weight is 262 g/mol. The maximum atomic E-state index is 11.9. The molecular weight excluding hydrogens is 244 g/mol. The maximum Gasteiger partial charge on any atom is 0.162 e. The molecule has 1 unspecified atom stereocenters. The minimum atomic E-state index is -0.337. The molecule has 0 bridgehead atoms. The smallest absolute Gasteiger partial charge is 0.162 e. The van der Waals surface area contributed by atoms with Crippen LogP contribution in [0.25, 0.3) is 0 Å². The van der Waals surface area contributed by atoms with Crippen LogP contribution in [0.1, 0.15) is 48.0 Å². The van der Waals surface area contributed by atoms with Crippen molar-refractivity contribution in [3.05, 3.63) is 45.5 Å². The number of hydrazine groups is 1. The minimum Gasteiger partial charge on any atom is -0.294 e. The van der Waals surface area contributed by atoms with Crippen molar-refractivity contribution in [2.24, 2.45) is 0 Å². The van der Waals surface area contributed by atoms with Gasteiger partial charge in [0.15, 0.2) is 10.8 Å². The number of benzene rings is 1. The average Bonchev–Trinajstić information content (AvgIpc) is 2.46. The topological polar surface area (TPSA) is 63.5 Å². The third-order valence-electron chi connectivity index (χ3n) is 3.65. The van der Waals surface area contributed by atoms with Gasteiger partial charge in [-0.25, -0.2) is 10.1 Å². The van der Waals surface area contributed by atoms with Gasteiger partial charge >= 0.3 is 0 Å². The summed E-state index contributed by atoms with van der Waals surface area (Å²) in [6.07, 6.45) is 2.15. The SMILES string of the molecule is CCC(=O)c1ccccc1C1CCCN([N+](=O)[O-])C1. The third kappa shape index (κ3) is 2.92. The van der Waals surface area contributed by atoms with Crippen molar-refractivity contribution in [1.29, 1.82) is 0 Å². The lowest BCUT2D eigenvalue weighted by molar-refractivity contribution is -0.658. The lowest BCUT2D eigenvalue weighted by Crippen LogP contribution is -2.38. The van der Waals surface area contributed by atoms with Gasteiger partial charge in [0.05, 0.1) is 13.1 Å². The van der Waals surface area contributed by atoms with Crippen LogP contribution in [0.4, 0.5) is 0 Å². The van der Waals surface area contributed by atoms with E-state index in [0.29, 0.717) is 19.5 Å². The number of hydrogen-bond donors (Lipinski definition) is 0. The molecular formula is C14H18N2O3. The molecule has 0 saturated carbocycles. The molecule has 1 aromatic carbocycles. The Labute approximate surface area is 112 Å². The first-order valence-electron chi connectivity index (χ1n) is 6.64. The fourth-order valence-electron chi connectivity index (χ4n) is 2.66. The highest BCUT2D eigenvalue weighted by atomic mass is 16.7. The second-order valence-corrected chi connectivity index (χ2v) is 4.85. The van der Waals surface area contributed by atoms with Crippen molar-refractivity contribution in [2.75, 3.05) is 13.1 Å². The summed E-state index contributed by atoms with van der Waals surface area (Å²) in [5.41, 5.74) is 1.68. The highest BCUT2D eigenvalue weighted by Gasteiger charge is 2.28. The fourth-order valence-corrected chi connectivity index (χ4v) is 2.66. The van der Waals surface area contributed by atoms with Crippen LogP contribution >= 0.6 is 0 Å². The molecule has 0 radical (unpaired) electrons. The van der Waals surface area contributed by atoms with Crippen molar-refractivity contribution in [1.82, 2.24) is 5.01 Å². The van der Waals surface area contributed by atoms with E-state index < -0.39 is 0 Å². The Balaban J connectivity index is 2.26. The predicted molar refractivity (Wildman–Crippen MR) is 71.6 cm³/mol. The molecule has 0 N–H and O–H groups in total. The fraction of sp³-hybridized carbons (Fsp3) is 0.500. The Morgan fingerprint density at radius 3 is 2.89 bits per heavy atom. The van der Waals surface area contributed by atoms with Gasteiger partial charge < -0.3 is 0 Å². The van der Waals surface area contributed by atoms with Gasteiger partial charge in [0.25, 0.3) is 0 Å². The molecule has 1 heterocycles. The lowest BCUT2D eigenvalue weighted by atomic mass is 9.86. The van der Waals surface area contributed by atoms with E-state index in [1.165, 1.54) is 5.01 Å². The van der Waals surface area contributed by atoms with Gasteiger partial charge in [-0.1, -0.05) is 31.2 Å². The predicted octanol–water partition coefficient (Wildman–Crippen LogP) is 2.65. The van der Waals surface area contributed by atoms with Crippen LogP contribution in [0.2, 0.25) is 0 Å². The van der Waals surface area contributed by atoms with Crippen LogP contribution in [0.15, 0.2) is 24.3 Å². The van der Waals surface area contributed by atoms with Crippen molar-refractivity contribution in [2.45, 2.75) is 32.1 Å². The molecule has 1 aromatic rings. The minimum absolute atomic E-state index is 0.0749. The second-order valence-electron chi connectivity index (χ2n) is 4.85. The van der Waals surface area contributed by atoms with Gasteiger partial charge in [-0.15, -0.1) is 5.01 Å². The molecule has 5 heteroatoms. The zero-order valence-corrected chi connectivity index (χ0v) is 11.0. The van der Waals surface area contributed by atoms with Crippen LogP contribution in [0.3, 0.4) is 0 Å². The quantitative estimate of drug-likeness (QED) is 0.475. The van der Waals surface area contributed by atoms with Gasteiger partial charge in [-0.3, -0.25) is 4.79 Å². The summed E-state index contributed by atoms with van der Waals surface area (Å²) in [6, 6.07) is 7.50. The highest BCUT2D eigenvalue weighted by Crippen LogP contribution is 2.29. The van der Waals surface area contributed by atoms with Crippen LogP contribution in [0, 0.1) is 10.1 Å². The van der Waals surface area contributed by atoms with Crippen molar-refractivity contribution >= 4 is 5.78 Å². The van der Waals surface area contributed by atoms with Gasteiger partial charge in [0.1, 0.15) is 0 Å². The molecule has 0 spiro atoms. The Morgan fingerprint density at radius 2 is 2.21 bits per heavy atom. The number of piperidine rings is 1. The summed E-state index contributed by atoms with van der Waals surface area (Å²) in [4.78, 5) is 22.8. The maximum absolute atomic E-state index is 11.9. The first-order valence-corrected chi connectivity index (χ1v) is 6.64. The first kappa shape index (κ1) is 13.5. The summed E-state index contributed by atoms with van der Waals surface area (Å²) in [6.45, 7) is 2.72. The molecule has 19 heavy (non-hydrogen) atoms. The normalized spacial score (nSPS) is 19.2. The summed E-state index contributed by atoms with van der Waals surface area (Å²) < 4.78 is 0. The van der Waals surface area contributed by atoms with E-state index >= 15 is 0 Å². The lowest BCUT2D eigenvalue weighted by Gasteiger charge is -2.28. The van der Waals surface area contributed by atoms with E-state index in [1.807, 2.05) is 31.2 Å². The van der Waals surface area contributed by atoms with E-state index in [1.54, 1.807) is 0 Å². The highest BCUT2D eigenvalue weighted by molar-refractivity contribution is 5.97. The largest absolute Gasteiger partial charge is 0.294 e. The van der Waals surface area contributed by atoms with Gasteiger partial charge in [0.2, 0.25) is 0 Å². The van der Waals surface area contributed by atoms with Crippen LogP contribution in [-0.2, 0) is 0 Å². The van der Waals surface area contributed by atoms with Crippen molar-refractivity contribution in [3.63, 3.8) is 0 Å². The number of nitrogens with zero attached hydrogens (tertiary/aromatic N) is 2. The Morgan fingerprint density at radius 1 is 1.47 bits per heavy atom. The number of rotatable bonds is 4. The molecule has 102 valence electrons. The molecule has 1 atom stereocenters. The van der Waals surface area contributed by atoms with Crippen molar-refractivity contribution in [3.8, 4) is 0 Å². The number of hydrogen-bond acceptors (Lipinski definition) is 3. The molecule has 0 aliphatic carbocycles. The molecule has 2 rings (SSSR count). The van der Waals surface area contributed by atoms with E-state index in [-0.39, 0.29) is 16.7 Å². The number of Topliss-reactive ketones (excluding diaryl/α,β-unsaturated/α-hetero) is 1. The third-order valence-corrected chi connectivity index (χ3v) is 3.65. The Kier molecular flexibility index (Phi) is 4.14. The van der Waals surface area contributed by atoms with E-state index in [0.717, 1.165) is 24.0 Å². The summed E-state index contributed by atoms with van der Waals surface area (Å²) in [7, 11) is 0. The van der Waals surface area contributed by atoms with E-state index in [2.05, 4.69) is 0 Å². The van der Waals surface area contributed by atoms with Gasteiger partial charge in [-0.05, 0) is 18.4 Å². The van der Waals surface area contributed by atoms with Gasteiger partial charge in [0, 0.05) is 17.9 Å². The number of carbonyl (C=O) groups excluding carboxylic acids is 1. The zero-order valence-electron chi connectivity index (χ0n) is 11.0. The number of nitro groups is 1. The van der Waals surface area contributed by atoms with Crippen LogP contribution in [0.5, 0.6) is 0 Å². The van der Waals surface area contributed by atoms with E-state index in [9.17, 15) is 14.9 Å². The first-order chi connectivity index (χ1) is 9.13. The van der Waals surface area contributed by atoms with E-state index in [4.69, 9.17) is 0 Å². The second kappa shape index (κ2) is 5.82. The summed E-state index contributed by atoms with van der Waals surface area (Å²) >= 11 is 0. The molecule has 5 nitrogen and oxygen atoms in total. The Bertz CT molecular complexity index is 487. The Hall–Kier alpha value is -1.91. The molecule has 1 fully saturated rings. The number of carbonyl (C=O) groups is 1. The zero-order chi connectivity index (χ0) is 13.8. The molecule has 1 saturated heterocycles. The standard InChI is InChI=1S/C14H18N2O3/c1-2-14(17)13-8-4-3-7-12(13)11-6-5-9-15(10-11)16(18)19/h3-4,7-8,11H,2,5-6,9-10H2,1H3. The number of ketones is 1. The van der Waals surface area contributed by atoms with Crippen LogP contribution in [-0.4, -0.2) is 28.9 Å². The molecule has 1 aliphatic rings. The van der Waals surface area contributed by atoms with Crippen molar-refractivity contribution < 1.29 is 9.83 Å². The molecule has 0 amide bonds. The molecule has 1 aliphatic heterocycles. The van der Waals surface area contributed by atoms with Crippen LogP contribution < -0.4 is 0 Å². The monoisotopic (exact) mass is 262 g/mol. The van der Waals surface area contributed by atoms with Gasteiger partial charge in [-0.2, -0.15) is 0 Å². The molecule has 0 aromatic heterocycles.